The average Bonchev–Trinajstić information content (AvgIpc) is 3.02. The molecule has 0 radical (unpaired) electrons. The van der Waals surface area contributed by atoms with Gasteiger partial charge < -0.3 is 9.32 Å². The SMILES string of the molecule is CCN(CC)c1ccc2c(C)c(-c3nccs3)c(=N)oc2c1. The zero-order valence-electron chi connectivity index (χ0n) is 13.0. The quantitative estimate of drug-likeness (QED) is 0.785. The van der Waals surface area contributed by atoms with Crippen molar-refractivity contribution in [3.63, 3.8) is 0 Å². The van der Waals surface area contributed by atoms with Crippen molar-refractivity contribution in [2.75, 3.05) is 18.0 Å². The highest BCUT2D eigenvalue weighted by atomic mass is 32.1. The van der Waals surface area contributed by atoms with Crippen molar-refractivity contribution in [3.05, 3.63) is 40.9 Å². The molecule has 0 saturated heterocycles. The molecular formula is C17H19N3OS. The zero-order chi connectivity index (χ0) is 15.7. The van der Waals surface area contributed by atoms with E-state index in [-0.39, 0.29) is 5.55 Å². The van der Waals surface area contributed by atoms with Gasteiger partial charge in [0.05, 0.1) is 5.56 Å². The van der Waals surface area contributed by atoms with Crippen molar-refractivity contribution in [2.45, 2.75) is 20.8 Å². The molecule has 0 amide bonds. The summed E-state index contributed by atoms with van der Waals surface area (Å²) in [7, 11) is 0. The van der Waals surface area contributed by atoms with Gasteiger partial charge in [0.25, 0.3) is 0 Å². The van der Waals surface area contributed by atoms with Gasteiger partial charge in [0.1, 0.15) is 10.6 Å². The van der Waals surface area contributed by atoms with Crippen LogP contribution in [0.2, 0.25) is 0 Å². The van der Waals surface area contributed by atoms with Crippen LogP contribution in [0.3, 0.4) is 0 Å². The number of aryl methyl sites for hydroxylation is 1. The van der Waals surface area contributed by atoms with Crippen molar-refractivity contribution >= 4 is 28.0 Å². The Labute approximate surface area is 133 Å². The van der Waals surface area contributed by atoms with Crippen LogP contribution in [-0.4, -0.2) is 18.1 Å². The van der Waals surface area contributed by atoms with Crippen LogP contribution in [0.5, 0.6) is 0 Å². The number of nitrogens with zero attached hydrogens (tertiary/aromatic N) is 2. The number of aromatic nitrogens is 1. The van der Waals surface area contributed by atoms with E-state index < -0.39 is 0 Å². The van der Waals surface area contributed by atoms with E-state index in [1.54, 1.807) is 6.20 Å². The standard InChI is InChI=1S/C17H19N3OS/c1-4-20(5-2)12-6-7-13-11(3)15(17-19-8-9-22-17)16(18)21-14(13)10-12/h6-10,18H,4-5H2,1-3H3. The molecule has 0 spiro atoms. The molecule has 4 nitrogen and oxygen atoms in total. The summed E-state index contributed by atoms with van der Waals surface area (Å²) < 4.78 is 5.78. The van der Waals surface area contributed by atoms with Crippen molar-refractivity contribution in [2.24, 2.45) is 0 Å². The predicted molar refractivity (Wildman–Crippen MR) is 91.5 cm³/mol. The summed E-state index contributed by atoms with van der Waals surface area (Å²) >= 11 is 1.53. The number of anilines is 1. The molecule has 0 fully saturated rings. The minimum Gasteiger partial charge on any atom is -0.438 e. The lowest BCUT2D eigenvalue weighted by molar-refractivity contribution is 0.535. The van der Waals surface area contributed by atoms with E-state index in [9.17, 15) is 0 Å². The van der Waals surface area contributed by atoms with Gasteiger partial charge in [-0.3, -0.25) is 5.41 Å². The van der Waals surface area contributed by atoms with Crippen molar-refractivity contribution in [1.82, 2.24) is 4.98 Å². The molecule has 0 aliphatic heterocycles. The fourth-order valence-corrected chi connectivity index (χ4v) is 3.50. The first-order chi connectivity index (χ1) is 10.7. The minimum absolute atomic E-state index is 0.177. The second-order valence-electron chi connectivity index (χ2n) is 5.12. The number of hydrogen-bond donors (Lipinski definition) is 1. The molecule has 0 bridgehead atoms. The second-order valence-corrected chi connectivity index (χ2v) is 6.02. The van der Waals surface area contributed by atoms with Crippen molar-refractivity contribution in [3.8, 4) is 10.6 Å². The monoisotopic (exact) mass is 313 g/mol. The van der Waals surface area contributed by atoms with Gasteiger partial charge in [0.2, 0.25) is 5.55 Å². The summed E-state index contributed by atoms with van der Waals surface area (Å²) in [6, 6.07) is 6.23. The lowest BCUT2D eigenvalue weighted by Crippen LogP contribution is -2.21. The maximum atomic E-state index is 8.22. The number of thiazole rings is 1. The summed E-state index contributed by atoms with van der Waals surface area (Å²) in [5.74, 6) is 0. The van der Waals surface area contributed by atoms with Gasteiger partial charge in [-0.25, -0.2) is 4.98 Å². The molecule has 5 heteroatoms. The molecule has 0 aliphatic carbocycles. The summed E-state index contributed by atoms with van der Waals surface area (Å²) in [6.45, 7) is 8.21. The molecule has 0 unspecified atom stereocenters. The molecule has 2 heterocycles. The molecule has 2 aromatic heterocycles. The Hall–Kier alpha value is -2.14. The Bertz CT molecular complexity index is 848. The van der Waals surface area contributed by atoms with Gasteiger partial charge in [-0.2, -0.15) is 0 Å². The van der Waals surface area contributed by atoms with E-state index in [4.69, 9.17) is 9.83 Å². The Kier molecular flexibility index (Phi) is 3.98. The molecule has 1 N–H and O–H groups in total. The van der Waals surface area contributed by atoms with Crippen LogP contribution in [0.15, 0.2) is 34.2 Å². The van der Waals surface area contributed by atoms with Crippen LogP contribution < -0.4 is 10.5 Å². The third kappa shape index (κ3) is 2.41. The maximum Gasteiger partial charge on any atom is 0.222 e. The predicted octanol–water partition coefficient (Wildman–Crippen LogP) is 4.19. The normalized spacial score (nSPS) is 11.0. The van der Waals surface area contributed by atoms with Gasteiger partial charge in [0.15, 0.2) is 0 Å². The van der Waals surface area contributed by atoms with E-state index >= 15 is 0 Å². The van der Waals surface area contributed by atoms with E-state index in [2.05, 4.69) is 35.9 Å². The van der Waals surface area contributed by atoms with E-state index in [0.29, 0.717) is 0 Å². The molecule has 114 valence electrons. The van der Waals surface area contributed by atoms with Crippen LogP contribution in [0.1, 0.15) is 19.4 Å². The van der Waals surface area contributed by atoms with Gasteiger partial charge in [-0.05, 0) is 38.5 Å². The first kappa shape index (κ1) is 14.8. The molecule has 0 aliphatic rings. The van der Waals surface area contributed by atoms with Crippen LogP contribution in [0.25, 0.3) is 21.5 Å². The summed E-state index contributed by atoms with van der Waals surface area (Å²) in [5, 5.41) is 12.0. The van der Waals surface area contributed by atoms with E-state index in [0.717, 1.165) is 45.9 Å². The van der Waals surface area contributed by atoms with Crippen LogP contribution >= 0.6 is 11.3 Å². The Morgan fingerprint density at radius 3 is 2.68 bits per heavy atom. The van der Waals surface area contributed by atoms with E-state index in [1.165, 1.54) is 11.3 Å². The third-order valence-electron chi connectivity index (χ3n) is 3.96. The smallest absolute Gasteiger partial charge is 0.222 e. The molecule has 0 saturated carbocycles. The topological polar surface area (TPSA) is 53.1 Å². The summed E-state index contributed by atoms with van der Waals surface area (Å²) in [5.41, 5.74) is 3.90. The Morgan fingerprint density at radius 1 is 1.27 bits per heavy atom. The van der Waals surface area contributed by atoms with Crippen molar-refractivity contribution < 1.29 is 4.42 Å². The number of benzene rings is 1. The molecule has 22 heavy (non-hydrogen) atoms. The largest absolute Gasteiger partial charge is 0.438 e. The second kappa shape index (κ2) is 5.93. The highest BCUT2D eigenvalue weighted by Crippen LogP contribution is 2.30. The lowest BCUT2D eigenvalue weighted by Gasteiger charge is -2.21. The Morgan fingerprint density at radius 2 is 2.05 bits per heavy atom. The first-order valence-corrected chi connectivity index (χ1v) is 8.30. The number of rotatable bonds is 4. The van der Waals surface area contributed by atoms with E-state index in [1.807, 2.05) is 18.4 Å². The summed E-state index contributed by atoms with van der Waals surface area (Å²) in [4.78, 5) is 6.58. The number of fused-ring (bicyclic) bond motifs is 1. The number of nitrogens with one attached hydrogen (secondary N) is 1. The lowest BCUT2D eigenvalue weighted by atomic mass is 10.1. The van der Waals surface area contributed by atoms with Crippen LogP contribution in [-0.2, 0) is 0 Å². The fraction of sp³-hybridized carbons (Fsp3) is 0.294. The molecule has 3 rings (SSSR count). The average molecular weight is 313 g/mol. The molecule has 3 aromatic rings. The fourth-order valence-electron chi connectivity index (χ4n) is 2.76. The Balaban J connectivity index is 2.21. The number of hydrogen-bond acceptors (Lipinski definition) is 5. The first-order valence-electron chi connectivity index (χ1n) is 7.42. The molecule has 1 aromatic carbocycles. The zero-order valence-corrected chi connectivity index (χ0v) is 13.8. The molecular weight excluding hydrogens is 294 g/mol. The minimum atomic E-state index is 0.177. The van der Waals surface area contributed by atoms with Gasteiger partial charge >= 0.3 is 0 Å². The van der Waals surface area contributed by atoms with Gasteiger partial charge in [0, 0.05) is 41.8 Å². The van der Waals surface area contributed by atoms with Crippen molar-refractivity contribution in [1.29, 1.82) is 5.41 Å². The van der Waals surface area contributed by atoms with Gasteiger partial charge in [-0.15, -0.1) is 11.3 Å². The molecule has 0 atom stereocenters. The van der Waals surface area contributed by atoms with Gasteiger partial charge in [-0.1, -0.05) is 0 Å². The maximum absolute atomic E-state index is 8.22. The third-order valence-corrected chi connectivity index (χ3v) is 4.75. The summed E-state index contributed by atoms with van der Waals surface area (Å²) in [6.07, 6.45) is 1.76. The van der Waals surface area contributed by atoms with Crippen LogP contribution in [0.4, 0.5) is 5.69 Å². The van der Waals surface area contributed by atoms with Crippen LogP contribution in [0, 0.1) is 12.3 Å². The highest BCUT2D eigenvalue weighted by Gasteiger charge is 2.14. The highest BCUT2D eigenvalue weighted by molar-refractivity contribution is 7.13.